The van der Waals surface area contributed by atoms with Gasteiger partial charge in [0.15, 0.2) is 5.13 Å². The summed E-state index contributed by atoms with van der Waals surface area (Å²) >= 11 is 1.92. The highest BCUT2D eigenvalue weighted by molar-refractivity contribution is 7.15. The van der Waals surface area contributed by atoms with Crippen LogP contribution in [0.15, 0.2) is 0 Å². The SMILES string of the molecule is CCCNCc1sc(N2CCCCCC2C)nc1CCC. The Kier molecular flexibility index (Phi) is 6.97. The molecule has 0 amide bonds. The minimum atomic E-state index is 0.643. The zero-order chi connectivity index (χ0) is 15.1. The molecule has 120 valence electrons. The van der Waals surface area contributed by atoms with Gasteiger partial charge in [-0.15, -0.1) is 11.3 Å². The molecule has 1 saturated heterocycles. The van der Waals surface area contributed by atoms with Crippen molar-refractivity contribution in [1.82, 2.24) is 10.3 Å². The minimum absolute atomic E-state index is 0.643. The molecule has 2 heterocycles. The third-order valence-corrected chi connectivity index (χ3v) is 5.40. The summed E-state index contributed by atoms with van der Waals surface area (Å²) in [7, 11) is 0. The number of anilines is 1. The van der Waals surface area contributed by atoms with Gasteiger partial charge >= 0.3 is 0 Å². The summed E-state index contributed by atoms with van der Waals surface area (Å²) in [4.78, 5) is 9.01. The molecule has 0 aromatic carbocycles. The highest BCUT2D eigenvalue weighted by atomic mass is 32.1. The van der Waals surface area contributed by atoms with Crippen LogP contribution < -0.4 is 10.2 Å². The minimum Gasteiger partial charge on any atom is -0.345 e. The van der Waals surface area contributed by atoms with Gasteiger partial charge in [0.25, 0.3) is 0 Å². The number of rotatable bonds is 7. The lowest BCUT2D eigenvalue weighted by Crippen LogP contribution is -2.32. The van der Waals surface area contributed by atoms with Crippen LogP contribution in [0.2, 0.25) is 0 Å². The summed E-state index contributed by atoms with van der Waals surface area (Å²) in [5.74, 6) is 0. The van der Waals surface area contributed by atoms with Crippen LogP contribution in [0.3, 0.4) is 0 Å². The van der Waals surface area contributed by atoms with Crippen LogP contribution in [-0.2, 0) is 13.0 Å². The molecule has 4 heteroatoms. The first-order valence-corrected chi connectivity index (χ1v) is 9.53. The maximum absolute atomic E-state index is 5.00. The second-order valence-corrected chi connectivity index (χ2v) is 7.25. The van der Waals surface area contributed by atoms with Crippen LogP contribution in [0.1, 0.15) is 69.9 Å². The van der Waals surface area contributed by atoms with Crippen molar-refractivity contribution >= 4 is 16.5 Å². The van der Waals surface area contributed by atoms with Crippen LogP contribution in [-0.4, -0.2) is 24.1 Å². The molecule has 1 N–H and O–H groups in total. The lowest BCUT2D eigenvalue weighted by molar-refractivity contribution is 0.614. The largest absolute Gasteiger partial charge is 0.345 e. The Morgan fingerprint density at radius 1 is 1.24 bits per heavy atom. The normalized spacial score (nSPS) is 19.8. The predicted molar refractivity (Wildman–Crippen MR) is 93.4 cm³/mol. The van der Waals surface area contributed by atoms with Crippen LogP contribution in [0.4, 0.5) is 5.13 Å². The lowest BCUT2D eigenvalue weighted by atomic mass is 10.1. The number of hydrogen-bond donors (Lipinski definition) is 1. The van der Waals surface area contributed by atoms with Gasteiger partial charge in [-0.25, -0.2) is 4.98 Å². The van der Waals surface area contributed by atoms with Gasteiger partial charge in [0.1, 0.15) is 0 Å². The van der Waals surface area contributed by atoms with Gasteiger partial charge in [0.05, 0.1) is 5.69 Å². The van der Waals surface area contributed by atoms with E-state index in [1.54, 1.807) is 0 Å². The molecule has 1 fully saturated rings. The molecule has 0 aliphatic carbocycles. The van der Waals surface area contributed by atoms with Crippen molar-refractivity contribution < 1.29 is 0 Å². The summed E-state index contributed by atoms with van der Waals surface area (Å²) in [5, 5.41) is 4.81. The number of nitrogens with one attached hydrogen (secondary N) is 1. The molecule has 1 atom stereocenters. The molecule has 1 unspecified atom stereocenters. The van der Waals surface area contributed by atoms with Crippen LogP contribution in [0.25, 0.3) is 0 Å². The molecule has 0 saturated carbocycles. The van der Waals surface area contributed by atoms with Gasteiger partial charge < -0.3 is 10.2 Å². The van der Waals surface area contributed by atoms with Crippen molar-refractivity contribution in [2.75, 3.05) is 18.0 Å². The van der Waals surface area contributed by atoms with Gasteiger partial charge in [-0.05, 0) is 39.2 Å². The van der Waals surface area contributed by atoms with E-state index in [0.717, 1.165) is 19.5 Å². The van der Waals surface area contributed by atoms with E-state index in [1.165, 1.54) is 60.8 Å². The molecule has 0 bridgehead atoms. The third-order valence-electron chi connectivity index (χ3n) is 4.26. The zero-order valence-corrected chi connectivity index (χ0v) is 14.8. The molecular formula is C17H31N3S. The highest BCUT2D eigenvalue weighted by Gasteiger charge is 2.21. The Morgan fingerprint density at radius 2 is 2.10 bits per heavy atom. The summed E-state index contributed by atoms with van der Waals surface area (Å²) in [6.45, 7) is 10.1. The first-order valence-electron chi connectivity index (χ1n) is 8.72. The second-order valence-electron chi connectivity index (χ2n) is 6.18. The topological polar surface area (TPSA) is 28.2 Å². The van der Waals surface area contributed by atoms with E-state index in [2.05, 4.69) is 31.0 Å². The van der Waals surface area contributed by atoms with Crippen LogP contribution >= 0.6 is 11.3 Å². The van der Waals surface area contributed by atoms with Crippen molar-refractivity contribution in [2.45, 2.75) is 78.3 Å². The molecule has 3 nitrogen and oxygen atoms in total. The molecule has 1 aromatic heterocycles. The Hall–Kier alpha value is -0.610. The second kappa shape index (κ2) is 8.74. The fourth-order valence-corrected chi connectivity index (χ4v) is 4.21. The first kappa shape index (κ1) is 16.8. The van der Waals surface area contributed by atoms with Gasteiger partial charge in [-0.3, -0.25) is 0 Å². The summed E-state index contributed by atoms with van der Waals surface area (Å²) in [5.41, 5.74) is 1.33. The van der Waals surface area contributed by atoms with E-state index in [9.17, 15) is 0 Å². The molecular weight excluding hydrogens is 278 g/mol. The standard InChI is InChI=1S/C17H31N3S/c1-4-9-15-16(13-18-11-5-2)21-17(19-15)20-12-8-6-7-10-14(20)3/h14,18H,4-13H2,1-3H3. The highest BCUT2D eigenvalue weighted by Crippen LogP contribution is 2.31. The number of hydrogen-bond acceptors (Lipinski definition) is 4. The first-order chi connectivity index (χ1) is 10.3. The van der Waals surface area contributed by atoms with Crippen LogP contribution in [0, 0.1) is 0 Å². The fraction of sp³-hybridized carbons (Fsp3) is 0.824. The molecule has 1 aliphatic heterocycles. The van der Waals surface area contributed by atoms with E-state index in [-0.39, 0.29) is 0 Å². The summed E-state index contributed by atoms with van der Waals surface area (Å²) in [6.07, 6.45) is 8.86. The van der Waals surface area contributed by atoms with Crippen LogP contribution in [0.5, 0.6) is 0 Å². The molecule has 21 heavy (non-hydrogen) atoms. The van der Waals surface area contributed by atoms with Crippen molar-refractivity contribution in [3.63, 3.8) is 0 Å². The molecule has 2 rings (SSSR count). The van der Waals surface area contributed by atoms with Gasteiger partial charge in [0, 0.05) is 24.0 Å². The fourth-order valence-electron chi connectivity index (χ4n) is 3.00. The number of aromatic nitrogens is 1. The van der Waals surface area contributed by atoms with Crippen molar-refractivity contribution in [1.29, 1.82) is 0 Å². The van der Waals surface area contributed by atoms with Crippen molar-refractivity contribution in [3.8, 4) is 0 Å². The molecule has 0 radical (unpaired) electrons. The van der Waals surface area contributed by atoms with E-state index < -0.39 is 0 Å². The van der Waals surface area contributed by atoms with Crippen molar-refractivity contribution in [3.05, 3.63) is 10.6 Å². The Balaban J connectivity index is 2.12. The smallest absolute Gasteiger partial charge is 0.186 e. The maximum Gasteiger partial charge on any atom is 0.186 e. The molecule has 1 aliphatic rings. The van der Waals surface area contributed by atoms with Gasteiger partial charge in [-0.2, -0.15) is 0 Å². The van der Waals surface area contributed by atoms with Crippen molar-refractivity contribution in [2.24, 2.45) is 0 Å². The van der Waals surface area contributed by atoms with Gasteiger partial charge in [-0.1, -0.05) is 33.1 Å². The summed E-state index contributed by atoms with van der Waals surface area (Å²) < 4.78 is 0. The third kappa shape index (κ3) is 4.68. The monoisotopic (exact) mass is 309 g/mol. The average molecular weight is 310 g/mol. The Labute approximate surface area is 134 Å². The number of nitrogens with zero attached hydrogens (tertiary/aromatic N) is 2. The molecule has 1 aromatic rings. The van der Waals surface area contributed by atoms with Gasteiger partial charge in [0.2, 0.25) is 0 Å². The van der Waals surface area contributed by atoms with E-state index >= 15 is 0 Å². The summed E-state index contributed by atoms with van der Waals surface area (Å²) in [6, 6.07) is 0.643. The lowest BCUT2D eigenvalue weighted by Gasteiger charge is -2.26. The quantitative estimate of drug-likeness (QED) is 0.758. The number of thiazole rings is 1. The Bertz CT molecular complexity index is 416. The number of aryl methyl sites for hydroxylation is 1. The van der Waals surface area contributed by atoms with E-state index in [1.807, 2.05) is 11.3 Å². The maximum atomic E-state index is 5.00. The zero-order valence-electron chi connectivity index (χ0n) is 14.0. The van der Waals surface area contributed by atoms with E-state index in [4.69, 9.17) is 4.98 Å². The predicted octanol–water partition coefficient (Wildman–Crippen LogP) is 4.36. The molecule has 0 spiro atoms. The van der Waals surface area contributed by atoms with E-state index in [0.29, 0.717) is 6.04 Å². The average Bonchev–Trinajstić information content (AvgIpc) is 2.73. The Morgan fingerprint density at radius 3 is 2.86 bits per heavy atom.